The van der Waals surface area contributed by atoms with Gasteiger partial charge in [0.25, 0.3) is 5.91 Å². The molecule has 1 aliphatic carbocycles. The van der Waals surface area contributed by atoms with Crippen molar-refractivity contribution in [2.45, 2.75) is 52.2 Å². The summed E-state index contributed by atoms with van der Waals surface area (Å²) in [7, 11) is 0. The van der Waals surface area contributed by atoms with Gasteiger partial charge in [-0.3, -0.25) is 9.59 Å². The van der Waals surface area contributed by atoms with Crippen LogP contribution in [0.1, 0.15) is 49.5 Å². The summed E-state index contributed by atoms with van der Waals surface area (Å²) in [5.41, 5.74) is 8.50. The average molecular weight is 457 g/mol. The zero-order chi connectivity index (χ0) is 20.9. The van der Waals surface area contributed by atoms with Crippen molar-refractivity contribution in [3.63, 3.8) is 0 Å². The number of fused-ring (bicyclic) bond motifs is 3. The molecule has 1 aliphatic rings. The van der Waals surface area contributed by atoms with Gasteiger partial charge >= 0.3 is 5.97 Å². The summed E-state index contributed by atoms with van der Waals surface area (Å²) in [6.45, 7) is 6.44. The normalized spacial score (nSPS) is 14.5. The molecule has 152 valence electrons. The van der Waals surface area contributed by atoms with Crippen LogP contribution in [0.5, 0.6) is 0 Å². The second-order valence-electron chi connectivity index (χ2n) is 8.88. The molecule has 4 rings (SSSR count). The number of hydrogen-bond donors (Lipinski definition) is 1. The van der Waals surface area contributed by atoms with Crippen molar-refractivity contribution in [2.24, 2.45) is 11.7 Å². The first-order valence-electron chi connectivity index (χ1n) is 9.88. The van der Waals surface area contributed by atoms with Gasteiger partial charge in [0, 0.05) is 27.3 Å². The molecule has 1 amide bonds. The van der Waals surface area contributed by atoms with E-state index in [1.54, 1.807) is 6.07 Å². The third-order valence-electron chi connectivity index (χ3n) is 5.16. The fourth-order valence-corrected chi connectivity index (χ4v) is 4.29. The number of amides is 1. The van der Waals surface area contributed by atoms with Gasteiger partial charge in [-0.05, 0) is 63.3 Å². The molecule has 1 heterocycles. The number of esters is 1. The third-order valence-corrected chi connectivity index (χ3v) is 5.62. The van der Waals surface area contributed by atoms with Gasteiger partial charge in [0.15, 0.2) is 0 Å². The van der Waals surface area contributed by atoms with E-state index in [4.69, 9.17) is 10.5 Å². The van der Waals surface area contributed by atoms with Crippen LogP contribution in [0.25, 0.3) is 21.8 Å². The molecule has 6 heteroatoms. The Balaban J connectivity index is 1.86. The van der Waals surface area contributed by atoms with Crippen LogP contribution < -0.4 is 5.73 Å². The number of carbonyl (C=O) groups excluding carboxylic acids is 2. The summed E-state index contributed by atoms with van der Waals surface area (Å²) < 4.78 is 8.49. The second-order valence-corrected chi connectivity index (χ2v) is 9.80. The molecule has 0 bridgehead atoms. The van der Waals surface area contributed by atoms with Gasteiger partial charge < -0.3 is 15.0 Å². The number of primary amides is 1. The minimum atomic E-state index is -0.509. The first-order valence-corrected chi connectivity index (χ1v) is 10.7. The molecular formula is C23H25BrN2O3. The van der Waals surface area contributed by atoms with Crippen molar-refractivity contribution in [3.8, 4) is 0 Å². The third kappa shape index (κ3) is 4.17. The van der Waals surface area contributed by atoms with Crippen LogP contribution in [0.15, 0.2) is 34.8 Å². The van der Waals surface area contributed by atoms with E-state index in [9.17, 15) is 9.59 Å². The van der Waals surface area contributed by atoms with E-state index < -0.39 is 11.5 Å². The second kappa shape index (κ2) is 7.17. The molecule has 1 aromatic heterocycles. The summed E-state index contributed by atoms with van der Waals surface area (Å²) in [6.07, 6.45) is 2.60. The highest BCUT2D eigenvalue weighted by molar-refractivity contribution is 9.10. The summed E-state index contributed by atoms with van der Waals surface area (Å²) in [5.74, 6) is -0.0694. The van der Waals surface area contributed by atoms with E-state index >= 15 is 0 Å². The summed E-state index contributed by atoms with van der Waals surface area (Å²) in [6, 6.07) is 9.84. The Labute approximate surface area is 178 Å². The van der Waals surface area contributed by atoms with Gasteiger partial charge in [-0.15, -0.1) is 0 Å². The monoisotopic (exact) mass is 456 g/mol. The fraction of sp³-hybridized carbons (Fsp3) is 0.391. The topological polar surface area (TPSA) is 74.3 Å². The molecule has 5 nitrogen and oxygen atoms in total. The van der Waals surface area contributed by atoms with Crippen LogP contribution in [0, 0.1) is 5.92 Å². The number of ether oxygens (including phenoxy) is 1. The van der Waals surface area contributed by atoms with Crippen LogP contribution in [0.2, 0.25) is 0 Å². The molecule has 0 aliphatic heterocycles. The number of nitrogens with zero attached hydrogens (tertiary/aromatic N) is 1. The number of aromatic nitrogens is 1. The standard InChI is InChI=1S/C23H25BrN2O3/c1-23(2,3)29-20(27)9-14-6-7-16-17-10-15(24)11-18(22(25)28)21(17)26(19(16)8-14)12-13-4-5-13/h6-8,10-11,13H,4-5,9,12H2,1-3H3,(H2,25,28). The summed E-state index contributed by atoms with van der Waals surface area (Å²) >= 11 is 3.51. The lowest BCUT2D eigenvalue weighted by atomic mass is 10.1. The number of hydrogen-bond acceptors (Lipinski definition) is 3. The van der Waals surface area contributed by atoms with Crippen LogP contribution in [-0.2, 0) is 22.5 Å². The quantitative estimate of drug-likeness (QED) is 0.551. The van der Waals surface area contributed by atoms with Crippen molar-refractivity contribution in [1.29, 1.82) is 0 Å². The fourth-order valence-electron chi connectivity index (χ4n) is 3.83. The highest BCUT2D eigenvalue weighted by Crippen LogP contribution is 2.38. The maximum atomic E-state index is 12.3. The SMILES string of the molecule is CC(C)(C)OC(=O)Cc1ccc2c3cc(Br)cc(C(N)=O)c3n(CC3CC3)c2c1. The van der Waals surface area contributed by atoms with Crippen LogP contribution in [-0.4, -0.2) is 22.0 Å². The van der Waals surface area contributed by atoms with E-state index in [-0.39, 0.29) is 12.4 Å². The number of rotatable bonds is 5. The highest BCUT2D eigenvalue weighted by atomic mass is 79.9. The van der Waals surface area contributed by atoms with Crippen LogP contribution >= 0.6 is 15.9 Å². The van der Waals surface area contributed by atoms with Gasteiger partial charge in [-0.25, -0.2) is 0 Å². The van der Waals surface area contributed by atoms with Gasteiger partial charge in [0.1, 0.15) is 5.60 Å². The van der Waals surface area contributed by atoms with Gasteiger partial charge in [-0.1, -0.05) is 28.1 Å². The molecule has 29 heavy (non-hydrogen) atoms. The number of halogens is 1. The largest absolute Gasteiger partial charge is 0.460 e. The molecule has 2 N–H and O–H groups in total. The van der Waals surface area contributed by atoms with E-state index in [1.165, 1.54) is 12.8 Å². The average Bonchev–Trinajstić information content (AvgIpc) is 3.36. The van der Waals surface area contributed by atoms with Crippen molar-refractivity contribution in [1.82, 2.24) is 4.57 Å². The van der Waals surface area contributed by atoms with Crippen molar-refractivity contribution in [3.05, 3.63) is 45.9 Å². The van der Waals surface area contributed by atoms with Gasteiger partial charge in [0.05, 0.1) is 17.5 Å². The van der Waals surface area contributed by atoms with Gasteiger partial charge in [-0.2, -0.15) is 0 Å². The number of nitrogens with two attached hydrogens (primary N) is 1. The lowest BCUT2D eigenvalue weighted by Crippen LogP contribution is -2.24. The summed E-state index contributed by atoms with van der Waals surface area (Å²) in [4.78, 5) is 24.5. The van der Waals surface area contributed by atoms with Gasteiger partial charge in [0.2, 0.25) is 0 Å². The molecule has 0 saturated heterocycles. The Hall–Kier alpha value is -2.34. The Morgan fingerprint density at radius 2 is 1.90 bits per heavy atom. The zero-order valence-corrected chi connectivity index (χ0v) is 18.5. The lowest BCUT2D eigenvalue weighted by Gasteiger charge is -2.19. The molecule has 0 unspecified atom stereocenters. The molecule has 0 radical (unpaired) electrons. The maximum Gasteiger partial charge on any atom is 0.310 e. The number of carbonyl (C=O) groups is 2. The molecule has 3 aromatic rings. The van der Waals surface area contributed by atoms with Crippen LogP contribution in [0.4, 0.5) is 0 Å². The number of benzene rings is 2. The van der Waals surface area contributed by atoms with Crippen molar-refractivity contribution >= 4 is 49.6 Å². The van der Waals surface area contributed by atoms with Crippen LogP contribution in [0.3, 0.4) is 0 Å². The van der Waals surface area contributed by atoms with Crippen molar-refractivity contribution in [2.75, 3.05) is 0 Å². The van der Waals surface area contributed by atoms with E-state index in [2.05, 4.69) is 20.5 Å². The predicted molar refractivity (Wildman–Crippen MR) is 118 cm³/mol. The molecule has 0 atom stereocenters. The minimum Gasteiger partial charge on any atom is -0.460 e. The Bertz CT molecular complexity index is 1140. The molecule has 1 saturated carbocycles. The Morgan fingerprint density at radius 3 is 2.52 bits per heavy atom. The summed E-state index contributed by atoms with van der Waals surface area (Å²) in [5, 5.41) is 2.05. The minimum absolute atomic E-state index is 0.213. The maximum absolute atomic E-state index is 12.3. The van der Waals surface area contributed by atoms with E-state index in [0.717, 1.165) is 38.4 Å². The molecular weight excluding hydrogens is 432 g/mol. The highest BCUT2D eigenvalue weighted by Gasteiger charge is 2.26. The van der Waals surface area contributed by atoms with E-state index in [1.807, 2.05) is 45.0 Å². The molecule has 2 aromatic carbocycles. The first-order chi connectivity index (χ1) is 13.6. The van der Waals surface area contributed by atoms with Crippen molar-refractivity contribution < 1.29 is 14.3 Å². The predicted octanol–water partition coefficient (Wildman–Crippen LogP) is 4.95. The van der Waals surface area contributed by atoms with E-state index in [0.29, 0.717) is 11.5 Å². The first kappa shape index (κ1) is 20.0. The lowest BCUT2D eigenvalue weighted by molar-refractivity contribution is -0.153. The Kier molecular flexibility index (Phi) is 4.93. The Morgan fingerprint density at radius 1 is 1.17 bits per heavy atom. The smallest absolute Gasteiger partial charge is 0.310 e. The molecule has 0 spiro atoms. The molecule has 1 fully saturated rings. The zero-order valence-electron chi connectivity index (χ0n) is 16.9.